The van der Waals surface area contributed by atoms with Crippen LogP contribution in [0.5, 0.6) is 5.75 Å². The second-order valence-corrected chi connectivity index (χ2v) is 6.61. The van der Waals surface area contributed by atoms with Crippen molar-refractivity contribution in [1.29, 1.82) is 0 Å². The molecule has 0 unspecified atom stereocenters. The van der Waals surface area contributed by atoms with Gasteiger partial charge in [-0.25, -0.2) is 4.98 Å². The smallest absolute Gasteiger partial charge is 0.223 e. The summed E-state index contributed by atoms with van der Waals surface area (Å²) in [6.07, 6.45) is 7.62. The van der Waals surface area contributed by atoms with Crippen LogP contribution in [0.3, 0.4) is 0 Å². The number of anilines is 1. The second-order valence-electron chi connectivity index (χ2n) is 6.61. The third-order valence-electron chi connectivity index (χ3n) is 4.35. The number of pyridine rings is 1. The minimum Gasteiger partial charge on any atom is -0.485 e. The summed E-state index contributed by atoms with van der Waals surface area (Å²) in [6, 6.07) is 3.79. The average molecular weight is 343 g/mol. The molecule has 2 aromatic heterocycles. The molecule has 3 heterocycles. The number of carbonyl (C=O) groups excluding carboxylic acids is 1. The molecule has 0 radical (unpaired) electrons. The van der Waals surface area contributed by atoms with E-state index in [-0.39, 0.29) is 12.0 Å². The maximum absolute atomic E-state index is 12.4. The number of carbonyl (C=O) groups is 1. The number of hydrogen-bond acceptors (Lipinski definition) is 5. The van der Waals surface area contributed by atoms with Gasteiger partial charge in [0, 0.05) is 52.9 Å². The van der Waals surface area contributed by atoms with Crippen LogP contribution in [-0.4, -0.2) is 58.9 Å². The van der Waals surface area contributed by atoms with Gasteiger partial charge in [0.15, 0.2) is 11.6 Å². The van der Waals surface area contributed by atoms with Crippen LogP contribution < -0.4 is 9.64 Å². The first-order chi connectivity index (χ1) is 12.0. The monoisotopic (exact) mass is 343 g/mol. The molecule has 1 fully saturated rings. The third-order valence-corrected chi connectivity index (χ3v) is 4.35. The number of hydrogen-bond donors (Lipinski definition) is 0. The Balaban J connectivity index is 1.52. The third kappa shape index (κ3) is 4.29. The molecule has 0 aliphatic carbocycles. The Morgan fingerprint density at radius 3 is 3.00 bits per heavy atom. The van der Waals surface area contributed by atoms with Crippen molar-refractivity contribution in [2.24, 2.45) is 7.05 Å². The van der Waals surface area contributed by atoms with Crippen LogP contribution in [0.2, 0.25) is 0 Å². The predicted octanol–water partition coefficient (Wildman–Crippen LogP) is 1.49. The summed E-state index contributed by atoms with van der Waals surface area (Å²) in [4.78, 5) is 20.6. The number of amides is 1. The van der Waals surface area contributed by atoms with Crippen molar-refractivity contribution in [2.75, 3.05) is 32.1 Å². The molecule has 2 aromatic rings. The molecule has 1 aliphatic heterocycles. The summed E-state index contributed by atoms with van der Waals surface area (Å²) >= 11 is 0. The summed E-state index contributed by atoms with van der Waals surface area (Å²) in [5, 5.41) is 4.14. The first-order valence-electron chi connectivity index (χ1n) is 8.57. The molecule has 1 atom stereocenters. The Morgan fingerprint density at radius 2 is 2.28 bits per heavy atom. The fraction of sp³-hybridized carbons (Fsp3) is 0.500. The summed E-state index contributed by atoms with van der Waals surface area (Å²) in [6.45, 7) is 1.38. The van der Waals surface area contributed by atoms with Gasteiger partial charge < -0.3 is 14.5 Å². The van der Waals surface area contributed by atoms with E-state index >= 15 is 0 Å². The lowest BCUT2D eigenvalue weighted by molar-refractivity contribution is -0.130. The molecular weight excluding hydrogens is 318 g/mol. The van der Waals surface area contributed by atoms with Gasteiger partial charge in [0.25, 0.3) is 0 Å². The molecule has 7 nitrogen and oxygen atoms in total. The lowest BCUT2D eigenvalue weighted by atomic mass is 10.2. The van der Waals surface area contributed by atoms with Gasteiger partial charge >= 0.3 is 0 Å². The molecule has 0 N–H and O–H groups in total. The van der Waals surface area contributed by atoms with Crippen LogP contribution in [-0.2, 0) is 18.3 Å². The van der Waals surface area contributed by atoms with Crippen molar-refractivity contribution in [2.45, 2.75) is 25.4 Å². The number of aryl methyl sites for hydroxylation is 2. The van der Waals surface area contributed by atoms with Crippen molar-refractivity contribution < 1.29 is 9.53 Å². The fourth-order valence-electron chi connectivity index (χ4n) is 3.05. The lowest BCUT2D eigenvalue weighted by Crippen LogP contribution is -2.31. The van der Waals surface area contributed by atoms with Crippen LogP contribution in [0.1, 0.15) is 18.4 Å². The zero-order chi connectivity index (χ0) is 17.8. The molecule has 0 saturated carbocycles. The van der Waals surface area contributed by atoms with Crippen molar-refractivity contribution >= 4 is 11.7 Å². The molecule has 134 valence electrons. The van der Waals surface area contributed by atoms with Gasteiger partial charge in [0.1, 0.15) is 6.10 Å². The molecule has 1 saturated heterocycles. The second kappa shape index (κ2) is 7.55. The van der Waals surface area contributed by atoms with Crippen LogP contribution in [0.4, 0.5) is 5.82 Å². The standard InChI is InChI=1S/C18H25N5O2/c1-21(2)18-16(5-4-9-19-18)25-15-8-10-23(13-15)17(24)7-6-14-11-20-22(3)12-14/h4-5,9,11-12,15H,6-8,10,13H2,1-3H3/t15-/m0/s1. The van der Waals surface area contributed by atoms with Gasteiger partial charge in [0.2, 0.25) is 5.91 Å². The van der Waals surface area contributed by atoms with E-state index in [1.165, 1.54) is 0 Å². The van der Waals surface area contributed by atoms with Gasteiger partial charge in [-0.15, -0.1) is 0 Å². The highest BCUT2D eigenvalue weighted by Gasteiger charge is 2.28. The highest BCUT2D eigenvalue weighted by Crippen LogP contribution is 2.26. The van der Waals surface area contributed by atoms with Crippen molar-refractivity contribution in [1.82, 2.24) is 19.7 Å². The summed E-state index contributed by atoms with van der Waals surface area (Å²) in [7, 11) is 5.77. The van der Waals surface area contributed by atoms with Gasteiger partial charge in [-0.3, -0.25) is 9.48 Å². The topological polar surface area (TPSA) is 63.5 Å². The van der Waals surface area contributed by atoms with E-state index < -0.39 is 0 Å². The van der Waals surface area contributed by atoms with Crippen LogP contribution >= 0.6 is 0 Å². The molecule has 0 aromatic carbocycles. The fourth-order valence-corrected chi connectivity index (χ4v) is 3.05. The normalized spacial score (nSPS) is 16.9. The molecule has 1 aliphatic rings. The van der Waals surface area contributed by atoms with Crippen molar-refractivity contribution in [3.05, 3.63) is 36.3 Å². The van der Waals surface area contributed by atoms with E-state index in [0.717, 1.165) is 36.5 Å². The minimum atomic E-state index is 0.0187. The number of nitrogens with zero attached hydrogens (tertiary/aromatic N) is 5. The maximum atomic E-state index is 12.4. The SMILES string of the molecule is CN(C)c1ncccc1O[C@H]1CCN(C(=O)CCc2cnn(C)c2)C1. The van der Waals surface area contributed by atoms with E-state index in [4.69, 9.17) is 4.74 Å². The lowest BCUT2D eigenvalue weighted by Gasteiger charge is -2.20. The van der Waals surface area contributed by atoms with Crippen LogP contribution in [0.25, 0.3) is 0 Å². The van der Waals surface area contributed by atoms with Crippen molar-refractivity contribution in [3.63, 3.8) is 0 Å². The van der Waals surface area contributed by atoms with E-state index in [9.17, 15) is 4.79 Å². The minimum absolute atomic E-state index is 0.0187. The number of rotatable bonds is 6. The summed E-state index contributed by atoms with van der Waals surface area (Å²) < 4.78 is 7.86. The molecule has 1 amide bonds. The first-order valence-corrected chi connectivity index (χ1v) is 8.57. The highest BCUT2D eigenvalue weighted by atomic mass is 16.5. The van der Waals surface area contributed by atoms with Gasteiger partial charge in [-0.05, 0) is 24.1 Å². The Hall–Kier alpha value is -2.57. The zero-order valence-corrected chi connectivity index (χ0v) is 15.1. The maximum Gasteiger partial charge on any atom is 0.223 e. The van der Waals surface area contributed by atoms with Crippen molar-refractivity contribution in [3.8, 4) is 5.75 Å². The zero-order valence-electron chi connectivity index (χ0n) is 15.1. The Labute approximate surface area is 148 Å². The first kappa shape index (κ1) is 17.3. The molecule has 0 spiro atoms. The molecule has 0 bridgehead atoms. The number of likely N-dealkylation sites (tertiary alicyclic amines) is 1. The molecule has 7 heteroatoms. The van der Waals surface area contributed by atoms with E-state index in [0.29, 0.717) is 13.0 Å². The quantitative estimate of drug-likeness (QED) is 0.795. The summed E-state index contributed by atoms with van der Waals surface area (Å²) in [5.74, 6) is 1.75. The van der Waals surface area contributed by atoms with Gasteiger partial charge in [-0.2, -0.15) is 5.10 Å². The largest absolute Gasteiger partial charge is 0.485 e. The summed E-state index contributed by atoms with van der Waals surface area (Å²) in [5.41, 5.74) is 1.09. The van der Waals surface area contributed by atoms with Crippen LogP contribution in [0.15, 0.2) is 30.7 Å². The Morgan fingerprint density at radius 1 is 1.44 bits per heavy atom. The Bertz CT molecular complexity index is 728. The predicted molar refractivity (Wildman–Crippen MR) is 95.7 cm³/mol. The van der Waals surface area contributed by atoms with Gasteiger partial charge in [0.05, 0.1) is 12.7 Å². The van der Waals surface area contributed by atoms with E-state index in [1.54, 1.807) is 10.9 Å². The van der Waals surface area contributed by atoms with Crippen LogP contribution in [0, 0.1) is 0 Å². The Kier molecular flexibility index (Phi) is 5.21. The average Bonchev–Trinajstić information content (AvgIpc) is 3.22. The van der Waals surface area contributed by atoms with E-state index in [2.05, 4.69) is 10.1 Å². The molecule has 25 heavy (non-hydrogen) atoms. The number of ether oxygens (including phenoxy) is 1. The number of aromatic nitrogens is 3. The highest BCUT2D eigenvalue weighted by molar-refractivity contribution is 5.76. The molecule has 3 rings (SSSR count). The molecular formula is C18H25N5O2. The van der Waals surface area contributed by atoms with Gasteiger partial charge in [-0.1, -0.05) is 0 Å². The van der Waals surface area contributed by atoms with E-state index in [1.807, 2.05) is 55.5 Å².